The quantitative estimate of drug-likeness (QED) is 0.866. The molecule has 17 heavy (non-hydrogen) atoms. The second-order valence-electron chi connectivity index (χ2n) is 4.34. The number of rotatable bonds is 4. The van der Waals surface area contributed by atoms with Gasteiger partial charge >= 0.3 is 0 Å². The number of hydrogen-bond acceptors (Lipinski definition) is 4. The van der Waals surface area contributed by atoms with E-state index in [4.69, 9.17) is 12.2 Å². The maximum atomic E-state index is 5.27. The highest BCUT2D eigenvalue weighted by atomic mass is 32.1. The number of aromatic nitrogens is 4. The summed E-state index contributed by atoms with van der Waals surface area (Å²) in [5.74, 6) is 1.46. The number of hydrogen-bond donors (Lipinski definition) is 1. The van der Waals surface area contributed by atoms with Crippen molar-refractivity contribution in [2.24, 2.45) is 5.92 Å². The number of aryl methyl sites for hydroxylation is 1. The molecule has 0 spiro atoms. The predicted octanol–water partition coefficient (Wildman–Crippen LogP) is 3.28. The molecule has 0 aliphatic heterocycles. The van der Waals surface area contributed by atoms with Gasteiger partial charge in [0.05, 0.1) is 16.1 Å². The Hall–Kier alpha value is -1.01. The van der Waals surface area contributed by atoms with Crippen molar-refractivity contribution < 1.29 is 0 Å². The molecule has 0 unspecified atom stereocenters. The lowest BCUT2D eigenvalue weighted by Gasteiger charge is -2.08. The van der Waals surface area contributed by atoms with Crippen LogP contribution in [0.5, 0.6) is 0 Å². The average Bonchev–Trinajstić information content (AvgIpc) is 2.86. The Labute approximate surface area is 110 Å². The molecular weight excluding hydrogens is 252 g/mol. The van der Waals surface area contributed by atoms with Crippen molar-refractivity contribution in [3.63, 3.8) is 0 Å². The highest BCUT2D eigenvalue weighted by Crippen LogP contribution is 2.26. The van der Waals surface area contributed by atoms with Crippen LogP contribution in [0.25, 0.3) is 10.7 Å². The Morgan fingerprint density at radius 2 is 2.29 bits per heavy atom. The monoisotopic (exact) mass is 268 g/mol. The van der Waals surface area contributed by atoms with E-state index in [9.17, 15) is 0 Å². The highest BCUT2D eigenvalue weighted by Gasteiger charge is 2.15. The van der Waals surface area contributed by atoms with E-state index in [1.807, 2.05) is 5.51 Å². The van der Waals surface area contributed by atoms with Gasteiger partial charge in [0.1, 0.15) is 0 Å². The maximum Gasteiger partial charge on any atom is 0.195 e. The first kappa shape index (κ1) is 12.4. The minimum absolute atomic E-state index is 0.538. The van der Waals surface area contributed by atoms with Crippen LogP contribution in [-0.4, -0.2) is 19.7 Å². The van der Waals surface area contributed by atoms with E-state index in [-0.39, 0.29) is 0 Å². The molecule has 2 aromatic rings. The first-order chi connectivity index (χ1) is 8.13. The molecule has 92 valence electrons. The van der Waals surface area contributed by atoms with Gasteiger partial charge in [-0.15, -0.1) is 11.3 Å². The Balaban J connectivity index is 2.49. The van der Waals surface area contributed by atoms with Crippen molar-refractivity contribution >= 4 is 23.6 Å². The molecule has 0 aromatic carbocycles. The number of nitrogens with zero attached hydrogens (tertiary/aromatic N) is 3. The van der Waals surface area contributed by atoms with Crippen LogP contribution in [-0.2, 0) is 13.0 Å². The predicted molar refractivity (Wildman–Crippen MR) is 72.7 cm³/mol. The SMILES string of the molecule is CCc1ncsc1-c1n[nH]c(=S)n1CC(C)C. The molecule has 0 radical (unpaired) electrons. The minimum Gasteiger partial charge on any atom is -0.299 e. The van der Waals surface area contributed by atoms with Gasteiger partial charge in [0, 0.05) is 6.54 Å². The Morgan fingerprint density at radius 3 is 2.94 bits per heavy atom. The van der Waals surface area contributed by atoms with Gasteiger partial charge in [-0.25, -0.2) is 4.98 Å². The van der Waals surface area contributed by atoms with E-state index in [1.54, 1.807) is 11.3 Å². The number of aromatic amines is 1. The molecule has 2 heterocycles. The fourth-order valence-electron chi connectivity index (χ4n) is 1.73. The average molecular weight is 268 g/mol. The molecule has 0 atom stereocenters. The Bertz CT molecular complexity index is 550. The molecule has 0 saturated carbocycles. The van der Waals surface area contributed by atoms with Crippen molar-refractivity contribution in [1.29, 1.82) is 0 Å². The summed E-state index contributed by atoms with van der Waals surface area (Å²) in [6, 6.07) is 0. The van der Waals surface area contributed by atoms with E-state index >= 15 is 0 Å². The van der Waals surface area contributed by atoms with E-state index in [1.165, 1.54) is 0 Å². The van der Waals surface area contributed by atoms with Crippen molar-refractivity contribution in [3.8, 4) is 10.7 Å². The highest BCUT2D eigenvalue weighted by molar-refractivity contribution is 7.71. The van der Waals surface area contributed by atoms with Crippen LogP contribution < -0.4 is 0 Å². The van der Waals surface area contributed by atoms with Gasteiger partial charge in [0.15, 0.2) is 10.6 Å². The third-order valence-corrected chi connectivity index (χ3v) is 3.66. The molecule has 2 rings (SSSR count). The third-order valence-electron chi connectivity index (χ3n) is 2.49. The van der Waals surface area contributed by atoms with E-state index in [0.29, 0.717) is 10.7 Å². The zero-order chi connectivity index (χ0) is 12.4. The topological polar surface area (TPSA) is 46.5 Å². The Kier molecular flexibility index (Phi) is 3.73. The first-order valence-corrected chi connectivity index (χ1v) is 7.00. The summed E-state index contributed by atoms with van der Waals surface area (Å²) in [6.45, 7) is 7.33. The molecule has 0 amide bonds. The molecule has 0 aliphatic rings. The van der Waals surface area contributed by atoms with Gasteiger partial charge in [-0.3, -0.25) is 9.67 Å². The zero-order valence-corrected chi connectivity index (χ0v) is 11.9. The molecule has 0 saturated heterocycles. The molecule has 6 heteroatoms. The maximum absolute atomic E-state index is 5.27. The summed E-state index contributed by atoms with van der Waals surface area (Å²) in [7, 11) is 0. The normalized spacial score (nSPS) is 11.3. The third kappa shape index (κ3) is 2.47. The van der Waals surface area contributed by atoms with Crippen molar-refractivity contribution in [1.82, 2.24) is 19.7 Å². The van der Waals surface area contributed by atoms with Crippen LogP contribution >= 0.6 is 23.6 Å². The lowest BCUT2D eigenvalue weighted by atomic mass is 10.2. The van der Waals surface area contributed by atoms with E-state index in [2.05, 4.69) is 40.5 Å². The molecule has 0 aliphatic carbocycles. The first-order valence-electron chi connectivity index (χ1n) is 5.71. The van der Waals surface area contributed by atoms with Crippen LogP contribution in [0.1, 0.15) is 26.5 Å². The lowest BCUT2D eigenvalue weighted by Crippen LogP contribution is -2.06. The minimum atomic E-state index is 0.538. The molecule has 0 fully saturated rings. The van der Waals surface area contributed by atoms with Crippen molar-refractivity contribution in [2.75, 3.05) is 0 Å². The molecule has 2 aromatic heterocycles. The molecular formula is C11H16N4S2. The molecule has 4 nitrogen and oxygen atoms in total. The fraction of sp³-hybridized carbons (Fsp3) is 0.545. The van der Waals surface area contributed by atoms with Crippen LogP contribution in [0, 0.1) is 10.7 Å². The number of H-pyrrole nitrogens is 1. The van der Waals surface area contributed by atoms with Gasteiger partial charge in [0.2, 0.25) is 0 Å². The van der Waals surface area contributed by atoms with Crippen LogP contribution in [0.3, 0.4) is 0 Å². The zero-order valence-electron chi connectivity index (χ0n) is 10.2. The van der Waals surface area contributed by atoms with Gasteiger partial charge < -0.3 is 0 Å². The van der Waals surface area contributed by atoms with Gasteiger partial charge in [0.25, 0.3) is 0 Å². The van der Waals surface area contributed by atoms with Crippen molar-refractivity contribution in [3.05, 3.63) is 16.0 Å². The fourth-order valence-corrected chi connectivity index (χ4v) is 2.81. The van der Waals surface area contributed by atoms with Crippen LogP contribution in [0.15, 0.2) is 5.51 Å². The standard InChI is InChI=1S/C11H16N4S2/c1-4-8-9(17-6-12-8)10-13-14-11(16)15(10)5-7(2)3/h6-7H,4-5H2,1-3H3,(H,14,16). The summed E-state index contributed by atoms with van der Waals surface area (Å²) in [4.78, 5) is 5.48. The number of thiazole rings is 1. The summed E-state index contributed by atoms with van der Waals surface area (Å²) in [5, 5.41) is 7.21. The van der Waals surface area contributed by atoms with Crippen LogP contribution in [0.4, 0.5) is 0 Å². The lowest BCUT2D eigenvalue weighted by molar-refractivity contribution is 0.521. The van der Waals surface area contributed by atoms with E-state index in [0.717, 1.165) is 29.4 Å². The van der Waals surface area contributed by atoms with Crippen molar-refractivity contribution in [2.45, 2.75) is 33.7 Å². The van der Waals surface area contributed by atoms with Crippen LogP contribution in [0.2, 0.25) is 0 Å². The van der Waals surface area contributed by atoms with E-state index < -0.39 is 0 Å². The summed E-state index contributed by atoms with van der Waals surface area (Å²) >= 11 is 6.89. The Morgan fingerprint density at radius 1 is 1.53 bits per heavy atom. The van der Waals surface area contributed by atoms with Gasteiger partial charge in [-0.2, -0.15) is 5.10 Å². The summed E-state index contributed by atoms with van der Waals surface area (Å²) in [5.41, 5.74) is 2.96. The smallest absolute Gasteiger partial charge is 0.195 e. The molecule has 1 N–H and O–H groups in total. The second kappa shape index (κ2) is 5.10. The summed E-state index contributed by atoms with van der Waals surface area (Å²) in [6.07, 6.45) is 0.917. The van der Waals surface area contributed by atoms with Gasteiger partial charge in [-0.05, 0) is 24.6 Å². The molecule has 0 bridgehead atoms. The van der Waals surface area contributed by atoms with Gasteiger partial charge in [-0.1, -0.05) is 20.8 Å². The number of nitrogens with one attached hydrogen (secondary N) is 1. The largest absolute Gasteiger partial charge is 0.299 e. The second-order valence-corrected chi connectivity index (χ2v) is 5.58. The summed E-state index contributed by atoms with van der Waals surface area (Å²) < 4.78 is 2.75.